The summed E-state index contributed by atoms with van der Waals surface area (Å²) in [5, 5.41) is 0. The molecule has 0 bridgehead atoms. The Morgan fingerprint density at radius 2 is 1.73 bits per heavy atom. The Balaban J connectivity index is 2.94. The Morgan fingerprint density at radius 1 is 1.27 bits per heavy atom. The van der Waals surface area contributed by atoms with Gasteiger partial charge in [-0.25, -0.2) is 4.79 Å². The number of halogens is 3. The lowest BCUT2D eigenvalue weighted by atomic mass is 10.1. The minimum absolute atomic E-state index is 0.222. The molecule has 7 heteroatoms. The van der Waals surface area contributed by atoms with Gasteiger partial charge in [0.2, 0.25) is 0 Å². The molecule has 0 atom stereocenters. The van der Waals surface area contributed by atoms with Gasteiger partial charge < -0.3 is 4.90 Å². The van der Waals surface area contributed by atoms with Crippen molar-refractivity contribution in [1.29, 1.82) is 0 Å². The first-order valence-corrected chi connectivity index (χ1v) is 4.24. The summed E-state index contributed by atoms with van der Waals surface area (Å²) in [5.41, 5.74) is -1.21. The standard InChI is InChI=1S/C8H11F3N2O2/c1-7(2)5(14)13(4-8(9,10)11)6(15)12(7)3/h4H2,1-3H3. The van der Waals surface area contributed by atoms with Crippen molar-refractivity contribution in [2.75, 3.05) is 13.6 Å². The van der Waals surface area contributed by atoms with Crippen molar-refractivity contribution in [3.63, 3.8) is 0 Å². The molecule has 1 rings (SSSR count). The van der Waals surface area contributed by atoms with E-state index in [9.17, 15) is 22.8 Å². The Hall–Kier alpha value is -1.27. The van der Waals surface area contributed by atoms with E-state index in [1.54, 1.807) is 0 Å². The van der Waals surface area contributed by atoms with E-state index in [4.69, 9.17) is 0 Å². The molecule has 1 heterocycles. The van der Waals surface area contributed by atoms with E-state index in [1.807, 2.05) is 0 Å². The highest BCUT2D eigenvalue weighted by atomic mass is 19.4. The van der Waals surface area contributed by atoms with Gasteiger partial charge in [-0.3, -0.25) is 9.69 Å². The van der Waals surface area contributed by atoms with Crippen molar-refractivity contribution >= 4 is 11.9 Å². The lowest BCUT2D eigenvalue weighted by molar-refractivity contribution is -0.154. The fraction of sp³-hybridized carbons (Fsp3) is 0.750. The molecule has 1 fully saturated rings. The molecule has 15 heavy (non-hydrogen) atoms. The highest BCUT2D eigenvalue weighted by Crippen LogP contribution is 2.28. The summed E-state index contributed by atoms with van der Waals surface area (Å²) in [6, 6.07) is -0.915. The summed E-state index contributed by atoms with van der Waals surface area (Å²) in [7, 11) is 1.30. The molecule has 4 nitrogen and oxygen atoms in total. The first-order valence-electron chi connectivity index (χ1n) is 4.24. The second-order valence-corrected chi connectivity index (χ2v) is 3.91. The van der Waals surface area contributed by atoms with E-state index < -0.39 is 30.2 Å². The Labute approximate surface area is 84.6 Å². The maximum atomic E-state index is 12.1. The van der Waals surface area contributed by atoms with E-state index in [2.05, 4.69) is 0 Å². The van der Waals surface area contributed by atoms with E-state index >= 15 is 0 Å². The number of alkyl halides is 3. The number of rotatable bonds is 1. The molecule has 1 aliphatic rings. The minimum Gasteiger partial charge on any atom is -0.313 e. The summed E-state index contributed by atoms with van der Waals surface area (Å²) in [5.74, 6) is -0.827. The van der Waals surface area contributed by atoms with Crippen molar-refractivity contribution in [2.24, 2.45) is 0 Å². The van der Waals surface area contributed by atoms with Gasteiger partial charge in [-0.05, 0) is 13.8 Å². The van der Waals surface area contributed by atoms with Gasteiger partial charge in [-0.1, -0.05) is 0 Å². The number of hydrogen-bond donors (Lipinski definition) is 0. The molecule has 1 saturated heterocycles. The quantitative estimate of drug-likeness (QED) is 0.628. The third kappa shape index (κ3) is 1.91. The van der Waals surface area contributed by atoms with Crippen molar-refractivity contribution in [3.05, 3.63) is 0 Å². The maximum Gasteiger partial charge on any atom is 0.406 e. The highest BCUT2D eigenvalue weighted by Gasteiger charge is 2.52. The van der Waals surface area contributed by atoms with Crippen molar-refractivity contribution in [3.8, 4) is 0 Å². The molecule has 0 spiro atoms. The van der Waals surface area contributed by atoms with Crippen LogP contribution in [-0.4, -0.2) is 47.0 Å². The van der Waals surface area contributed by atoms with Gasteiger partial charge in [-0.2, -0.15) is 13.2 Å². The number of carbonyl (C=O) groups excluding carboxylic acids is 2. The second kappa shape index (κ2) is 3.11. The number of hydrogen-bond acceptors (Lipinski definition) is 2. The number of nitrogens with zero attached hydrogens (tertiary/aromatic N) is 2. The molecule has 86 valence electrons. The summed E-state index contributed by atoms with van der Waals surface area (Å²) in [6.45, 7) is 1.28. The van der Waals surface area contributed by atoms with Crippen LogP contribution in [0.1, 0.15) is 13.8 Å². The van der Waals surface area contributed by atoms with Crippen LogP contribution in [0.15, 0.2) is 0 Å². The number of amides is 3. The monoisotopic (exact) mass is 224 g/mol. The largest absolute Gasteiger partial charge is 0.406 e. The molecule has 1 aliphatic heterocycles. The minimum atomic E-state index is -4.56. The van der Waals surface area contributed by atoms with Gasteiger partial charge in [0, 0.05) is 7.05 Å². The zero-order valence-corrected chi connectivity index (χ0v) is 8.55. The summed E-state index contributed by atoms with van der Waals surface area (Å²) < 4.78 is 36.2. The van der Waals surface area contributed by atoms with Crippen LogP contribution in [0.2, 0.25) is 0 Å². The molecule has 0 saturated carbocycles. The van der Waals surface area contributed by atoms with Crippen molar-refractivity contribution in [1.82, 2.24) is 9.80 Å². The summed E-state index contributed by atoms with van der Waals surface area (Å²) in [6.07, 6.45) is -4.56. The first-order chi connectivity index (χ1) is 6.57. The molecular weight excluding hydrogens is 213 g/mol. The zero-order valence-electron chi connectivity index (χ0n) is 8.55. The maximum absolute atomic E-state index is 12.1. The lowest BCUT2D eigenvalue weighted by Crippen LogP contribution is -2.42. The molecule has 0 radical (unpaired) electrons. The van der Waals surface area contributed by atoms with Gasteiger partial charge in [0.05, 0.1) is 0 Å². The number of imide groups is 1. The fourth-order valence-electron chi connectivity index (χ4n) is 1.30. The first kappa shape index (κ1) is 11.8. The van der Waals surface area contributed by atoms with Gasteiger partial charge in [0.25, 0.3) is 5.91 Å². The second-order valence-electron chi connectivity index (χ2n) is 3.91. The van der Waals surface area contributed by atoms with Crippen LogP contribution in [0.5, 0.6) is 0 Å². The Morgan fingerprint density at radius 3 is 2.00 bits per heavy atom. The predicted octanol–water partition coefficient (Wildman–Crippen LogP) is 1.22. The van der Waals surface area contributed by atoms with Crippen LogP contribution in [0.25, 0.3) is 0 Å². The SMILES string of the molecule is CN1C(=O)N(CC(F)(F)F)C(=O)C1(C)C. The average Bonchev–Trinajstić information content (AvgIpc) is 2.18. The van der Waals surface area contributed by atoms with Crippen LogP contribution in [0.3, 0.4) is 0 Å². The normalized spacial score (nSPS) is 21.5. The molecule has 0 aliphatic carbocycles. The van der Waals surface area contributed by atoms with Crippen LogP contribution >= 0.6 is 0 Å². The smallest absolute Gasteiger partial charge is 0.313 e. The van der Waals surface area contributed by atoms with E-state index in [0.717, 1.165) is 4.90 Å². The van der Waals surface area contributed by atoms with Crippen LogP contribution < -0.4 is 0 Å². The van der Waals surface area contributed by atoms with Crippen LogP contribution in [0.4, 0.5) is 18.0 Å². The molecule has 0 unspecified atom stereocenters. The zero-order chi connectivity index (χ0) is 12.0. The van der Waals surface area contributed by atoms with Crippen LogP contribution in [-0.2, 0) is 4.79 Å². The topological polar surface area (TPSA) is 40.6 Å². The van der Waals surface area contributed by atoms with Gasteiger partial charge in [0.15, 0.2) is 0 Å². The molecule has 0 aromatic rings. The van der Waals surface area contributed by atoms with Gasteiger partial charge >= 0.3 is 12.2 Å². The van der Waals surface area contributed by atoms with Crippen molar-refractivity contribution in [2.45, 2.75) is 25.6 Å². The van der Waals surface area contributed by atoms with E-state index in [1.165, 1.54) is 20.9 Å². The molecule has 3 amide bonds. The molecule has 0 aromatic heterocycles. The van der Waals surface area contributed by atoms with E-state index in [0.29, 0.717) is 0 Å². The highest BCUT2D eigenvalue weighted by molar-refractivity contribution is 6.06. The molecular formula is C8H11F3N2O2. The predicted molar refractivity (Wildman–Crippen MR) is 45.0 cm³/mol. The third-order valence-electron chi connectivity index (χ3n) is 2.46. The summed E-state index contributed by atoms with van der Waals surface area (Å²) >= 11 is 0. The fourth-order valence-corrected chi connectivity index (χ4v) is 1.30. The number of carbonyl (C=O) groups is 2. The van der Waals surface area contributed by atoms with Crippen LogP contribution in [0, 0.1) is 0 Å². The number of likely N-dealkylation sites (N-methyl/N-ethyl adjacent to an activating group) is 1. The van der Waals surface area contributed by atoms with Gasteiger partial charge in [0.1, 0.15) is 12.1 Å². The molecule has 0 N–H and O–H groups in total. The Kier molecular flexibility index (Phi) is 2.45. The van der Waals surface area contributed by atoms with Gasteiger partial charge in [-0.15, -0.1) is 0 Å². The summed E-state index contributed by atoms with van der Waals surface area (Å²) in [4.78, 5) is 24.1. The third-order valence-corrected chi connectivity index (χ3v) is 2.46. The lowest BCUT2D eigenvalue weighted by Gasteiger charge is -2.22. The van der Waals surface area contributed by atoms with E-state index in [-0.39, 0.29) is 4.90 Å². The number of urea groups is 1. The Bertz CT molecular complexity index is 311. The average molecular weight is 224 g/mol. The molecule has 0 aromatic carbocycles. The van der Waals surface area contributed by atoms with Crippen molar-refractivity contribution < 1.29 is 22.8 Å².